The van der Waals surface area contributed by atoms with Crippen molar-refractivity contribution in [3.8, 4) is 11.3 Å². The zero-order valence-electron chi connectivity index (χ0n) is 19.1. The van der Waals surface area contributed by atoms with Crippen LogP contribution in [0.3, 0.4) is 0 Å². The van der Waals surface area contributed by atoms with E-state index in [2.05, 4.69) is 32.8 Å². The fraction of sp³-hybridized carbons (Fsp3) is 0.375. The van der Waals surface area contributed by atoms with Crippen molar-refractivity contribution >= 4 is 39.7 Å². The molecule has 9 heteroatoms. The Balaban J connectivity index is 1.41. The Bertz CT molecular complexity index is 1320. The molecule has 9 nitrogen and oxygen atoms in total. The summed E-state index contributed by atoms with van der Waals surface area (Å²) in [6.07, 6.45) is 7.41. The number of nitrogens with one attached hydrogen (secondary N) is 4. The van der Waals surface area contributed by atoms with Gasteiger partial charge in [0.2, 0.25) is 11.9 Å². The zero-order chi connectivity index (χ0) is 23.0. The number of aromatic nitrogens is 5. The zero-order valence-corrected chi connectivity index (χ0v) is 19.1. The van der Waals surface area contributed by atoms with Crippen molar-refractivity contribution in [3.05, 3.63) is 36.7 Å². The van der Waals surface area contributed by atoms with Gasteiger partial charge in [0.15, 0.2) is 0 Å². The molecule has 0 radical (unpaired) electrons. The van der Waals surface area contributed by atoms with Crippen LogP contribution in [0, 0.1) is 0 Å². The van der Waals surface area contributed by atoms with Gasteiger partial charge in [0.1, 0.15) is 11.5 Å². The van der Waals surface area contributed by atoms with E-state index in [1.54, 1.807) is 13.1 Å². The van der Waals surface area contributed by atoms with Gasteiger partial charge in [-0.2, -0.15) is 9.97 Å². The van der Waals surface area contributed by atoms with Crippen LogP contribution in [0.1, 0.15) is 39.5 Å². The van der Waals surface area contributed by atoms with Crippen LogP contribution in [-0.2, 0) is 4.79 Å². The van der Waals surface area contributed by atoms with Gasteiger partial charge in [-0.05, 0) is 56.9 Å². The Morgan fingerprint density at radius 1 is 1.12 bits per heavy atom. The average Bonchev–Trinajstić information content (AvgIpc) is 3.23. The highest BCUT2D eigenvalue weighted by Crippen LogP contribution is 2.34. The summed E-state index contributed by atoms with van der Waals surface area (Å²) in [4.78, 5) is 33.4. The molecule has 1 saturated carbocycles. The van der Waals surface area contributed by atoms with E-state index in [1.165, 1.54) is 0 Å². The monoisotopic (exact) mass is 444 g/mol. The van der Waals surface area contributed by atoms with Crippen molar-refractivity contribution in [2.45, 2.75) is 51.1 Å². The van der Waals surface area contributed by atoms with E-state index in [4.69, 9.17) is 15.0 Å². The third kappa shape index (κ3) is 4.18. The number of hydrogen-bond acceptors (Lipinski definition) is 7. The predicted octanol–water partition coefficient (Wildman–Crippen LogP) is 3.86. The fourth-order valence-corrected chi connectivity index (χ4v) is 4.72. The smallest absolute Gasteiger partial charge is 0.226 e. The molecule has 0 aromatic carbocycles. The quantitative estimate of drug-likeness (QED) is 0.369. The highest BCUT2D eigenvalue weighted by Gasteiger charge is 2.32. The molecule has 4 aromatic rings. The molecule has 1 fully saturated rings. The lowest BCUT2D eigenvalue weighted by atomic mass is 9.81. The summed E-state index contributed by atoms with van der Waals surface area (Å²) >= 11 is 0. The number of carbonyl (C=O) groups is 1. The van der Waals surface area contributed by atoms with Crippen molar-refractivity contribution in [1.29, 1.82) is 0 Å². The maximum absolute atomic E-state index is 11.5. The number of carbonyl (C=O) groups excluding carboxylic acids is 1. The van der Waals surface area contributed by atoms with Gasteiger partial charge in [0, 0.05) is 43.5 Å². The number of aromatic amines is 1. The molecule has 170 valence electrons. The number of nitrogens with zero attached hydrogens (tertiary/aromatic N) is 4. The van der Waals surface area contributed by atoms with E-state index in [1.807, 2.05) is 37.5 Å². The Morgan fingerprint density at radius 3 is 2.70 bits per heavy atom. The lowest BCUT2D eigenvalue weighted by Gasteiger charge is -2.38. The van der Waals surface area contributed by atoms with Crippen molar-refractivity contribution in [1.82, 2.24) is 30.2 Å². The van der Waals surface area contributed by atoms with Gasteiger partial charge in [0.05, 0.1) is 22.1 Å². The Hall–Kier alpha value is -3.75. The van der Waals surface area contributed by atoms with Crippen LogP contribution in [0.5, 0.6) is 0 Å². The van der Waals surface area contributed by atoms with E-state index >= 15 is 0 Å². The standard InChI is InChI=1S/C24H28N8O/c1-14(33)32-24(2)10-8-15(9-11-24)28-23-30-21(25-3)20-16(13-27-22(20)31-23)17-6-7-18-19(29-17)5-4-12-26-18/h4-7,12-13,15H,8-11H2,1-3H3,(H,32,33)(H3,25,27,28,30,31)/t15-,24-. The molecule has 1 amide bonds. The van der Waals surface area contributed by atoms with E-state index in [9.17, 15) is 4.79 Å². The first-order valence-corrected chi connectivity index (χ1v) is 11.3. The second-order valence-corrected chi connectivity index (χ2v) is 8.97. The summed E-state index contributed by atoms with van der Waals surface area (Å²) in [5, 5.41) is 10.7. The summed E-state index contributed by atoms with van der Waals surface area (Å²) in [6.45, 7) is 3.69. The molecule has 0 atom stereocenters. The van der Waals surface area contributed by atoms with Crippen molar-refractivity contribution in [2.24, 2.45) is 0 Å². The second kappa shape index (κ2) is 8.31. The van der Waals surface area contributed by atoms with Crippen LogP contribution in [0.2, 0.25) is 0 Å². The summed E-state index contributed by atoms with van der Waals surface area (Å²) in [6, 6.07) is 8.05. The van der Waals surface area contributed by atoms with Crippen LogP contribution < -0.4 is 16.0 Å². The Kier molecular flexibility index (Phi) is 5.32. The Labute approximate surface area is 191 Å². The summed E-state index contributed by atoms with van der Waals surface area (Å²) in [5.41, 5.74) is 4.10. The number of fused-ring (bicyclic) bond motifs is 2. The van der Waals surface area contributed by atoms with Crippen LogP contribution in [0.4, 0.5) is 11.8 Å². The lowest BCUT2D eigenvalue weighted by Crippen LogP contribution is -2.49. The van der Waals surface area contributed by atoms with Crippen LogP contribution in [0.15, 0.2) is 36.7 Å². The highest BCUT2D eigenvalue weighted by molar-refractivity contribution is 6.01. The molecular formula is C24H28N8O. The SMILES string of the molecule is CNc1nc(N[C@H]2CC[C@](C)(NC(C)=O)CC2)nc2[nH]cc(-c3ccc4ncccc4n3)c12. The maximum Gasteiger partial charge on any atom is 0.226 e. The third-order valence-corrected chi connectivity index (χ3v) is 6.40. The van der Waals surface area contributed by atoms with Crippen molar-refractivity contribution in [3.63, 3.8) is 0 Å². The van der Waals surface area contributed by atoms with Crippen molar-refractivity contribution < 1.29 is 4.79 Å². The molecule has 0 bridgehead atoms. The maximum atomic E-state index is 11.5. The fourth-order valence-electron chi connectivity index (χ4n) is 4.72. The van der Waals surface area contributed by atoms with Gasteiger partial charge in [-0.25, -0.2) is 4.98 Å². The molecule has 0 saturated heterocycles. The van der Waals surface area contributed by atoms with Crippen LogP contribution >= 0.6 is 0 Å². The van der Waals surface area contributed by atoms with E-state index < -0.39 is 0 Å². The molecule has 0 spiro atoms. The van der Waals surface area contributed by atoms with Gasteiger partial charge in [-0.15, -0.1) is 0 Å². The summed E-state index contributed by atoms with van der Waals surface area (Å²) in [7, 11) is 1.86. The molecule has 0 unspecified atom stereocenters. The molecule has 5 rings (SSSR count). The highest BCUT2D eigenvalue weighted by atomic mass is 16.1. The normalized spacial score (nSPS) is 20.6. The number of rotatable bonds is 5. The van der Waals surface area contributed by atoms with Gasteiger partial charge in [0.25, 0.3) is 0 Å². The first-order valence-electron chi connectivity index (χ1n) is 11.3. The van der Waals surface area contributed by atoms with Gasteiger partial charge >= 0.3 is 0 Å². The Morgan fingerprint density at radius 2 is 1.94 bits per heavy atom. The van der Waals surface area contributed by atoms with Gasteiger partial charge in [-0.1, -0.05) is 0 Å². The number of hydrogen-bond donors (Lipinski definition) is 4. The molecule has 4 heterocycles. The minimum atomic E-state index is -0.137. The number of H-pyrrole nitrogens is 1. The number of anilines is 2. The lowest BCUT2D eigenvalue weighted by molar-refractivity contribution is -0.121. The van der Waals surface area contributed by atoms with Crippen LogP contribution in [0.25, 0.3) is 33.3 Å². The average molecular weight is 445 g/mol. The third-order valence-electron chi connectivity index (χ3n) is 6.40. The summed E-state index contributed by atoms with van der Waals surface area (Å²) < 4.78 is 0. The molecule has 4 N–H and O–H groups in total. The van der Waals surface area contributed by atoms with E-state index in [0.29, 0.717) is 5.95 Å². The molecule has 1 aliphatic rings. The van der Waals surface area contributed by atoms with E-state index in [0.717, 1.165) is 64.8 Å². The minimum Gasteiger partial charge on any atom is -0.372 e. The molecule has 4 aromatic heterocycles. The number of amides is 1. The number of pyridine rings is 2. The molecule has 0 aliphatic heterocycles. The predicted molar refractivity (Wildman–Crippen MR) is 130 cm³/mol. The topological polar surface area (TPSA) is 121 Å². The first kappa shape index (κ1) is 21.1. The molecular weight excluding hydrogens is 416 g/mol. The second-order valence-electron chi connectivity index (χ2n) is 8.97. The van der Waals surface area contributed by atoms with Gasteiger partial charge < -0.3 is 20.9 Å². The van der Waals surface area contributed by atoms with Crippen LogP contribution in [-0.4, -0.2) is 49.5 Å². The first-order chi connectivity index (χ1) is 15.9. The van der Waals surface area contributed by atoms with Crippen molar-refractivity contribution in [2.75, 3.05) is 17.7 Å². The molecule has 1 aliphatic carbocycles. The summed E-state index contributed by atoms with van der Waals surface area (Å²) in [5.74, 6) is 1.35. The van der Waals surface area contributed by atoms with E-state index in [-0.39, 0.29) is 17.5 Å². The largest absolute Gasteiger partial charge is 0.372 e. The van der Waals surface area contributed by atoms with Gasteiger partial charge in [-0.3, -0.25) is 9.78 Å². The molecule has 33 heavy (non-hydrogen) atoms. The minimum absolute atomic E-state index is 0.0241.